The van der Waals surface area contributed by atoms with Crippen LogP contribution in [0.15, 0.2) is 66.7 Å². The van der Waals surface area contributed by atoms with Crippen molar-refractivity contribution < 1.29 is 18.0 Å². The SMILES string of the molecule is CC(C)(C)NC(=O)N1CCc2c(-c3cccc(NS(C)(=O)=O)c3)ccc(CNC(=O)[C@H]3C[C@@H]3c3ccccc3)c2C1. The molecule has 1 fully saturated rings. The van der Waals surface area contributed by atoms with Gasteiger partial charge in [-0.3, -0.25) is 9.52 Å². The van der Waals surface area contributed by atoms with Gasteiger partial charge >= 0.3 is 6.03 Å². The maximum absolute atomic E-state index is 13.1. The number of hydrogen-bond acceptors (Lipinski definition) is 4. The molecule has 0 unspecified atom stereocenters. The van der Waals surface area contributed by atoms with Crippen molar-refractivity contribution in [2.45, 2.75) is 58.2 Å². The average molecular weight is 575 g/mol. The molecule has 0 bridgehead atoms. The summed E-state index contributed by atoms with van der Waals surface area (Å²) >= 11 is 0. The molecule has 216 valence electrons. The molecule has 0 radical (unpaired) electrons. The summed E-state index contributed by atoms with van der Waals surface area (Å²) < 4.78 is 26.2. The predicted octanol–water partition coefficient (Wildman–Crippen LogP) is 5.01. The van der Waals surface area contributed by atoms with Gasteiger partial charge in [0.15, 0.2) is 0 Å². The Morgan fingerprint density at radius 2 is 1.73 bits per heavy atom. The lowest BCUT2D eigenvalue weighted by Crippen LogP contribution is -2.50. The Balaban J connectivity index is 1.41. The summed E-state index contributed by atoms with van der Waals surface area (Å²) in [4.78, 5) is 28.0. The van der Waals surface area contributed by atoms with Gasteiger partial charge in [-0.2, -0.15) is 0 Å². The number of fused-ring (bicyclic) bond motifs is 1. The summed E-state index contributed by atoms with van der Waals surface area (Å²) in [5, 5.41) is 6.21. The first-order valence-electron chi connectivity index (χ1n) is 14.0. The number of urea groups is 1. The second-order valence-electron chi connectivity index (χ2n) is 12.1. The first-order valence-corrected chi connectivity index (χ1v) is 15.9. The molecule has 9 heteroatoms. The molecule has 2 atom stereocenters. The van der Waals surface area contributed by atoms with Gasteiger partial charge in [-0.1, -0.05) is 54.6 Å². The van der Waals surface area contributed by atoms with E-state index in [0.717, 1.165) is 40.5 Å². The predicted molar refractivity (Wildman–Crippen MR) is 162 cm³/mol. The Morgan fingerprint density at radius 1 is 0.976 bits per heavy atom. The zero-order valence-electron chi connectivity index (χ0n) is 24.0. The van der Waals surface area contributed by atoms with Crippen molar-refractivity contribution in [2.24, 2.45) is 5.92 Å². The van der Waals surface area contributed by atoms with E-state index in [2.05, 4.69) is 27.5 Å². The summed E-state index contributed by atoms with van der Waals surface area (Å²) in [5.74, 6) is 0.290. The first-order chi connectivity index (χ1) is 19.4. The van der Waals surface area contributed by atoms with Gasteiger partial charge in [-0.25, -0.2) is 13.2 Å². The molecule has 0 spiro atoms. The van der Waals surface area contributed by atoms with Crippen molar-refractivity contribution >= 4 is 27.6 Å². The molecule has 1 aliphatic carbocycles. The zero-order chi connectivity index (χ0) is 29.4. The minimum absolute atomic E-state index is 0.0216. The number of amides is 3. The monoisotopic (exact) mass is 574 g/mol. The van der Waals surface area contributed by atoms with E-state index in [9.17, 15) is 18.0 Å². The largest absolute Gasteiger partial charge is 0.352 e. The van der Waals surface area contributed by atoms with Crippen LogP contribution in [0.3, 0.4) is 0 Å². The lowest BCUT2D eigenvalue weighted by atomic mass is 9.87. The number of anilines is 1. The highest BCUT2D eigenvalue weighted by Crippen LogP contribution is 2.47. The number of hydrogen-bond donors (Lipinski definition) is 3. The van der Waals surface area contributed by atoms with E-state index in [1.54, 1.807) is 6.07 Å². The number of benzene rings is 3. The highest BCUT2D eigenvalue weighted by molar-refractivity contribution is 7.92. The molecule has 8 nitrogen and oxygen atoms in total. The molecule has 0 aromatic heterocycles. The summed E-state index contributed by atoms with van der Waals surface area (Å²) in [5.41, 5.74) is 6.33. The van der Waals surface area contributed by atoms with Crippen LogP contribution in [0.25, 0.3) is 11.1 Å². The normalized spacial score (nSPS) is 18.3. The molecular formula is C32H38N4O4S. The molecule has 1 aliphatic heterocycles. The van der Waals surface area contributed by atoms with E-state index in [4.69, 9.17) is 0 Å². The van der Waals surface area contributed by atoms with Crippen LogP contribution in [0, 0.1) is 5.92 Å². The van der Waals surface area contributed by atoms with Gasteiger partial charge in [-0.05, 0) is 85.0 Å². The van der Waals surface area contributed by atoms with Crippen LogP contribution in [0.4, 0.5) is 10.5 Å². The highest BCUT2D eigenvalue weighted by atomic mass is 32.2. The Hall–Kier alpha value is -3.85. The molecule has 3 amide bonds. The molecule has 5 rings (SSSR count). The minimum atomic E-state index is -3.41. The van der Waals surface area contributed by atoms with Gasteiger partial charge in [0, 0.05) is 36.8 Å². The van der Waals surface area contributed by atoms with Crippen LogP contribution in [0.5, 0.6) is 0 Å². The van der Waals surface area contributed by atoms with Crippen LogP contribution in [-0.2, 0) is 34.3 Å². The fourth-order valence-electron chi connectivity index (χ4n) is 5.58. The van der Waals surface area contributed by atoms with E-state index in [-0.39, 0.29) is 29.3 Å². The topological polar surface area (TPSA) is 108 Å². The van der Waals surface area contributed by atoms with Crippen molar-refractivity contribution in [1.29, 1.82) is 0 Å². The first kappa shape index (κ1) is 28.7. The molecular weight excluding hydrogens is 536 g/mol. The summed E-state index contributed by atoms with van der Waals surface area (Å²) in [6.07, 6.45) is 2.63. The Morgan fingerprint density at radius 3 is 2.44 bits per heavy atom. The van der Waals surface area contributed by atoms with Gasteiger partial charge in [0.25, 0.3) is 0 Å². The number of nitrogens with one attached hydrogen (secondary N) is 3. The molecule has 3 N–H and O–H groups in total. The second-order valence-corrected chi connectivity index (χ2v) is 13.9. The average Bonchev–Trinajstić information content (AvgIpc) is 3.71. The van der Waals surface area contributed by atoms with E-state index in [1.807, 2.05) is 74.2 Å². The zero-order valence-corrected chi connectivity index (χ0v) is 24.8. The molecule has 1 heterocycles. The number of nitrogens with zero attached hydrogens (tertiary/aromatic N) is 1. The molecule has 2 aliphatic rings. The third kappa shape index (κ3) is 7.08. The molecule has 3 aromatic rings. The standard InChI is InChI=1S/C32H38N4O4S/c1-32(2,3)34-31(38)36-16-15-26-25(22-11-8-12-24(17-22)35-41(4,39)40)14-13-23(29(26)20-36)19-33-30(37)28-18-27(28)21-9-6-5-7-10-21/h5-14,17,27-28,35H,15-16,18-20H2,1-4H3,(H,33,37)(H,34,38)/t27-,28+/m1/s1. The summed E-state index contributed by atoms with van der Waals surface area (Å²) in [7, 11) is -3.41. The van der Waals surface area contributed by atoms with Gasteiger partial charge in [0.05, 0.1) is 6.26 Å². The van der Waals surface area contributed by atoms with E-state index in [0.29, 0.717) is 31.7 Å². The Labute approximate surface area is 242 Å². The number of sulfonamides is 1. The molecule has 41 heavy (non-hydrogen) atoms. The van der Waals surface area contributed by atoms with Crippen molar-refractivity contribution in [1.82, 2.24) is 15.5 Å². The second kappa shape index (κ2) is 11.2. The quantitative estimate of drug-likeness (QED) is 0.369. The summed E-state index contributed by atoms with van der Waals surface area (Å²) in [6.45, 7) is 7.23. The lowest BCUT2D eigenvalue weighted by Gasteiger charge is -2.34. The van der Waals surface area contributed by atoms with Gasteiger partial charge < -0.3 is 15.5 Å². The fraction of sp³-hybridized carbons (Fsp3) is 0.375. The highest BCUT2D eigenvalue weighted by Gasteiger charge is 2.43. The van der Waals surface area contributed by atoms with E-state index >= 15 is 0 Å². The van der Waals surface area contributed by atoms with Crippen molar-refractivity contribution in [2.75, 3.05) is 17.5 Å². The van der Waals surface area contributed by atoms with Crippen LogP contribution < -0.4 is 15.4 Å². The van der Waals surface area contributed by atoms with Gasteiger partial charge in [0.2, 0.25) is 15.9 Å². The third-order valence-corrected chi connectivity index (χ3v) is 8.17. The van der Waals surface area contributed by atoms with Crippen molar-refractivity contribution in [3.63, 3.8) is 0 Å². The van der Waals surface area contributed by atoms with Gasteiger partial charge in [0.1, 0.15) is 0 Å². The maximum Gasteiger partial charge on any atom is 0.318 e. The van der Waals surface area contributed by atoms with Crippen LogP contribution >= 0.6 is 0 Å². The lowest BCUT2D eigenvalue weighted by molar-refractivity contribution is -0.122. The molecule has 3 aromatic carbocycles. The Kier molecular flexibility index (Phi) is 7.83. The van der Waals surface area contributed by atoms with E-state index < -0.39 is 10.0 Å². The van der Waals surface area contributed by atoms with Crippen molar-refractivity contribution in [3.8, 4) is 11.1 Å². The smallest absolute Gasteiger partial charge is 0.318 e. The fourth-order valence-corrected chi connectivity index (χ4v) is 6.14. The number of carbonyl (C=O) groups is 2. The number of rotatable bonds is 7. The number of carbonyl (C=O) groups excluding carboxylic acids is 2. The minimum Gasteiger partial charge on any atom is -0.352 e. The van der Waals surface area contributed by atoms with E-state index in [1.165, 1.54) is 5.56 Å². The molecule has 1 saturated carbocycles. The van der Waals surface area contributed by atoms with Crippen LogP contribution in [-0.4, -0.2) is 43.6 Å². The van der Waals surface area contributed by atoms with Crippen molar-refractivity contribution in [3.05, 3.63) is 89.0 Å². The summed E-state index contributed by atoms with van der Waals surface area (Å²) in [6, 6.07) is 21.4. The maximum atomic E-state index is 13.1. The van der Waals surface area contributed by atoms with Crippen LogP contribution in [0.2, 0.25) is 0 Å². The Bertz CT molecular complexity index is 1560. The van der Waals surface area contributed by atoms with Gasteiger partial charge in [-0.15, -0.1) is 0 Å². The van der Waals surface area contributed by atoms with Crippen LogP contribution in [0.1, 0.15) is 55.4 Å². The molecule has 0 saturated heterocycles. The third-order valence-electron chi connectivity index (χ3n) is 7.56.